The number of rotatable bonds is 5. The molecule has 1 fully saturated rings. The predicted octanol–water partition coefficient (Wildman–Crippen LogP) is 2.70. The lowest BCUT2D eigenvalue weighted by molar-refractivity contribution is 0.274. The van der Waals surface area contributed by atoms with Crippen molar-refractivity contribution in [3.8, 4) is 0 Å². The number of hydrazine groups is 1. The molecular formula is C14H25N5. The predicted molar refractivity (Wildman–Crippen MR) is 78.8 cm³/mol. The van der Waals surface area contributed by atoms with Gasteiger partial charge >= 0.3 is 0 Å². The highest BCUT2D eigenvalue weighted by atomic mass is 15.3. The lowest BCUT2D eigenvalue weighted by Gasteiger charge is -2.26. The standard InChI is InChI=1S/C14H25N5/c1-10-4-3-5-12(8-10)6-7-16-13-9-11(2)17-14(18-13)19-15/h9-10,12H,3-8,15H2,1-2H3,(H2,16,17,18,19). The fourth-order valence-corrected chi connectivity index (χ4v) is 2.95. The molecule has 2 unspecified atom stereocenters. The Bertz CT molecular complexity index is 407. The lowest BCUT2D eigenvalue weighted by Crippen LogP contribution is -2.17. The summed E-state index contributed by atoms with van der Waals surface area (Å²) in [5.41, 5.74) is 3.41. The van der Waals surface area contributed by atoms with Gasteiger partial charge in [0.15, 0.2) is 0 Å². The summed E-state index contributed by atoms with van der Waals surface area (Å²) in [5.74, 6) is 8.43. The summed E-state index contributed by atoms with van der Waals surface area (Å²) in [7, 11) is 0. The Labute approximate surface area is 115 Å². The van der Waals surface area contributed by atoms with Gasteiger partial charge in [0.05, 0.1) is 0 Å². The summed E-state index contributed by atoms with van der Waals surface area (Å²) in [6.45, 7) is 5.28. The quantitative estimate of drug-likeness (QED) is 0.562. The van der Waals surface area contributed by atoms with Gasteiger partial charge in [0.1, 0.15) is 5.82 Å². The Morgan fingerprint density at radius 1 is 1.37 bits per heavy atom. The molecule has 0 bridgehead atoms. The van der Waals surface area contributed by atoms with E-state index >= 15 is 0 Å². The SMILES string of the molecule is Cc1cc(NCCC2CCCC(C)C2)nc(NN)n1. The Morgan fingerprint density at radius 2 is 2.21 bits per heavy atom. The van der Waals surface area contributed by atoms with Crippen molar-refractivity contribution in [2.24, 2.45) is 17.7 Å². The maximum absolute atomic E-state index is 5.35. The van der Waals surface area contributed by atoms with Crippen LogP contribution >= 0.6 is 0 Å². The molecule has 2 atom stereocenters. The van der Waals surface area contributed by atoms with Gasteiger partial charge in [-0.15, -0.1) is 0 Å². The summed E-state index contributed by atoms with van der Waals surface area (Å²) in [5, 5.41) is 3.38. The largest absolute Gasteiger partial charge is 0.370 e. The van der Waals surface area contributed by atoms with Crippen molar-refractivity contribution in [1.29, 1.82) is 0 Å². The minimum absolute atomic E-state index is 0.466. The van der Waals surface area contributed by atoms with Crippen molar-refractivity contribution in [3.63, 3.8) is 0 Å². The van der Waals surface area contributed by atoms with Crippen LogP contribution in [0.1, 0.15) is 44.7 Å². The third-order valence-corrected chi connectivity index (χ3v) is 3.89. The van der Waals surface area contributed by atoms with E-state index in [1.54, 1.807) is 0 Å². The highest BCUT2D eigenvalue weighted by Crippen LogP contribution is 2.30. The fourth-order valence-electron chi connectivity index (χ4n) is 2.95. The first-order valence-corrected chi connectivity index (χ1v) is 7.23. The third-order valence-electron chi connectivity index (χ3n) is 3.89. The van der Waals surface area contributed by atoms with Crippen LogP contribution in [0.5, 0.6) is 0 Å². The van der Waals surface area contributed by atoms with Crippen LogP contribution in [0.25, 0.3) is 0 Å². The first kappa shape index (κ1) is 14.1. The summed E-state index contributed by atoms with van der Waals surface area (Å²) in [6.07, 6.45) is 6.77. The Kier molecular flexibility index (Phi) is 4.96. The van der Waals surface area contributed by atoms with E-state index in [2.05, 4.69) is 27.6 Å². The number of nitrogens with one attached hydrogen (secondary N) is 2. The van der Waals surface area contributed by atoms with E-state index in [4.69, 9.17) is 5.84 Å². The molecule has 4 N–H and O–H groups in total. The van der Waals surface area contributed by atoms with E-state index in [9.17, 15) is 0 Å². The van der Waals surface area contributed by atoms with Gasteiger partial charge in [0, 0.05) is 18.3 Å². The second-order valence-electron chi connectivity index (χ2n) is 5.72. The Balaban J connectivity index is 1.80. The van der Waals surface area contributed by atoms with Gasteiger partial charge in [-0.25, -0.2) is 10.8 Å². The molecule has 0 aromatic carbocycles. The van der Waals surface area contributed by atoms with Crippen LogP contribution in [-0.4, -0.2) is 16.5 Å². The molecule has 5 nitrogen and oxygen atoms in total. The number of nitrogens with zero attached hydrogens (tertiary/aromatic N) is 2. The molecular weight excluding hydrogens is 238 g/mol. The number of aromatic nitrogens is 2. The molecule has 106 valence electrons. The smallest absolute Gasteiger partial charge is 0.239 e. The topological polar surface area (TPSA) is 75.9 Å². The summed E-state index contributed by atoms with van der Waals surface area (Å²) in [4.78, 5) is 8.46. The number of nitrogens with two attached hydrogens (primary N) is 1. The molecule has 1 aromatic rings. The molecule has 0 radical (unpaired) electrons. The first-order valence-electron chi connectivity index (χ1n) is 7.23. The molecule has 0 spiro atoms. The minimum atomic E-state index is 0.466. The van der Waals surface area contributed by atoms with Crippen LogP contribution in [0.4, 0.5) is 11.8 Å². The average Bonchev–Trinajstić information content (AvgIpc) is 2.38. The maximum atomic E-state index is 5.35. The van der Waals surface area contributed by atoms with Gasteiger partial charge < -0.3 is 5.32 Å². The summed E-state index contributed by atoms with van der Waals surface area (Å²) in [6, 6.07) is 1.95. The molecule has 0 saturated heterocycles. The van der Waals surface area contributed by atoms with Gasteiger partial charge in [0.25, 0.3) is 0 Å². The van der Waals surface area contributed by atoms with E-state index in [0.717, 1.165) is 29.9 Å². The van der Waals surface area contributed by atoms with Gasteiger partial charge in [-0.2, -0.15) is 4.98 Å². The van der Waals surface area contributed by atoms with Gasteiger partial charge in [0.2, 0.25) is 5.95 Å². The van der Waals surface area contributed by atoms with Gasteiger partial charge in [-0.3, -0.25) is 5.43 Å². The fraction of sp³-hybridized carbons (Fsp3) is 0.714. The molecule has 19 heavy (non-hydrogen) atoms. The van der Waals surface area contributed by atoms with Crippen LogP contribution in [0.2, 0.25) is 0 Å². The number of nitrogen functional groups attached to an aromatic ring is 1. The molecule has 1 aromatic heterocycles. The first-order chi connectivity index (χ1) is 9.17. The van der Waals surface area contributed by atoms with Crippen molar-refractivity contribution in [1.82, 2.24) is 9.97 Å². The highest BCUT2D eigenvalue weighted by Gasteiger charge is 2.18. The van der Waals surface area contributed by atoms with Crippen LogP contribution in [0.15, 0.2) is 6.07 Å². The molecule has 1 aliphatic carbocycles. The average molecular weight is 263 g/mol. The van der Waals surface area contributed by atoms with E-state index in [-0.39, 0.29) is 0 Å². The number of anilines is 2. The zero-order chi connectivity index (χ0) is 13.7. The van der Waals surface area contributed by atoms with Crippen LogP contribution in [0.3, 0.4) is 0 Å². The van der Waals surface area contributed by atoms with E-state index < -0.39 is 0 Å². The van der Waals surface area contributed by atoms with E-state index in [1.165, 1.54) is 32.1 Å². The molecule has 0 amide bonds. The van der Waals surface area contributed by atoms with Crippen molar-refractivity contribution in [2.75, 3.05) is 17.3 Å². The van der Waals surface area contributed by atoms with Crippen molar-refractivity contribution < 1.29 is 0 Å². The molecule has 1 saturated carbocycles. The molecule has 1 heterocycles. The molecule has 2 rings (SSSR count). The second-order valence-corrected chi connectivity index (χ2v) is 5.72. The number of hydrogen-bond acceptors (Lipinski definition) is 5. The van der Waals surface area contributed by atoms with E-state index in [0.29, 0.717) is 5.95 Å². The normalized spacial score (nSPS) is 23.1. The monoisotopic (exact) mass is 263 g/mol. The second kappa shape index (κ2) is 6.70. The molecule has 0 aliphatic heterocycles. The number of aryl methyl sites for hydroxylation is 1. The summed E-state index contributed by atoms with van der Waals surface area (Å²) >= 11 is 0. The summed E-state index contributed by atoms with van der Waals surface area (Å²) < 4.78 is 0. The van der Waals surface area contributed by atoms with Crippen LogP contribution in [0, 0.1) is 18.8 Å². The number of hydrogen-bond donors (Lipinski definition) is 3. The zero-order valence-electron chi connectivity index (χ0n) is 11.9. The maximum Gasteiger partial charge on any atom is 0.239 e. The van der Waals surface area contributed by atoms with Crippen molar-refractivity contribution in [3.05, 3.63) is 11.8 Å². The van der Waals surface area contributed by atoms with Crippen molar-refractivity contribution >= 4 is 11.8 Å². The van der Waals surface area contributed by atoms with E-state index in [1.807, 2.05) is 13.0 Å². The molecule has 5 heteroatoms. The van der Waals surface area contributed by atoms with Crippen LogP contribution in [-0.2, 0) is 0 Å². The Hall–Kier alpha value is -1.36. The molecule has 1 aliphatic rings. The zero-order valence-corrected chi connectivity index (χ0v) is 11.9. The highest BCUT2D eigenvalue weighted by molar-refractivity contribution is 5.41. The van der Waals surface area contributed by atoms with Crippen molar-refractivity contribution in [2.45, 2.75) is 46.0 Å². The van der Waals surface area contributed by atoms with Gasteiger partial charge in [-0.1, -0.05) is 26.2 Å². The van der Waals surface area contributed by atoms with Gasteiger partial charge in [-0.05, 0) is 31.6 Å². The minimum Gasteiger partial charge on any atom is -0.370 e. The third kappa shape index (κ3) is 4.35. The lowest BCUT2D eigenvalue weighted by atomic mass is 9.81. The Morgan fingerprint density at radius 3 is 2.95 bits per heavy atom. The van der Waals surface area contributed by atoms with Crippen LogP contribution < -0.4 is 16.6 Å².